The molecule has 12 heteroatoms. The molecule has 0 bridgehead atoms. The van der Waals surface area contributed by atoms with Gasteiger partial charge in [-0.2, -0.15) is 0 Å². The van der Waals surface area contributed by atoms with Gasteiger partial charge in [-0.3, -0.25) is 19.8 Å². The maximum Gasteiger partial charge on any atom is 0.326 e. The number of methoxy groups -OCH3 is 1. The van der Waals surface area contributed by atoms with Crippen LogP contribution in [0.3, 0.4) is 0 Å². The molecule has 0 spiro atoms. The Morgan fingerprint density at radius 2 is 1.67 bits per heavy atom. The Balaban J connectivity index is 1.67. The Morgan fingerprint density at radius 3 is 2.31 bits per heavy atom. The van der Waals surface area contributed by atoms with E-state index in [4.69, 9.17) is 39.5 Å². The molecule has 36 heavy (non-hydrogen) atoms. The lowest BCUT2D eigenvalue weighted by Gasteiger charge is -2.24. The summed E-state index contributed by atoms with van der Waals surface area (Å²) >= 11 is 17.8. The number of hydrogen-bond donors (Lipinski definition) is 2. The molecule has 0 unspecified atom stereocenters. The number of amides is 3. The second-order valence-electron chi connectivity index (χ2n) is 7.44. The molecule has 0 saturated heterocycles. The van der Waals surface area contributed by atoms with Crippen LogP contribution in [-0.2, 0) is 0 Å². The van der Waals surface area contributed by atoms with Crippen molar-refractivity contribution >= 4 is 63.8 Å². The molecule has 0 atom stereocenters. The van der Waals surface area contributed by atoms with Gasteiger partial charge in [0.05, 0.1) is 22.1 Å². The number of ether oxygens (including phenoxy) is 1. The average Bonchev–Trinajstić information content (AvgIpc) is 2.86. The van der Waals surface area contributed by atoms with Gasteiger partial charge in [0, 0.05) is 36.1 Å². The minimum Gasteiger partial charge on any atom is -0.497 e. The lowest BCUT2D eigenvalue weighted by molar-refractivity contribution is -0.384. The van der Waals surface area contributed by atoms with E-state index in [-0.39, 0.29) is 29.4 Å². The first-order chi connectivity index (χ1) is 17.2. The van der Waals surface area contributed by atoms with Crippen molar-refractivity contribution < 1.29 is 19.2 Å². The molecule has 9 nitrogen and oxygen atoms in total. The molecule has 0 aliphatic carbocycles. The van der Waals surface area contributed by atoms with Crippen LogP contribution in [0.15, 0.2) is 60.7 Å². The van der Waals surface area contributed by atoms with Crippen molar-refractivity contribution in [1.82, 2.24) is 5.32 Å². The Hall–Kier alpha value is -3.53. The van der Waals surface area contributed by atoms with Gasteiger partial charge in [0.1, 0.15) is 10.8 Å². The van der Waals surface area contributed by atoms with Gasteiger partial charge in [0.15, 0.2) is 0 Å². The Bertz CT molecular complexity index is 1270. The second-order valence-corrected chi connectivity index (χ2v) is 8.66. The SMILES string of the molecule is COc1ccc(N(CCCNC(=O)c2ccc(Cl)c([N+](=O)[O-])c2)C(=O)Nc2ccc(Cl)c(Cl)c2)cc1. The predicted octanol–water partition coefficient (Wildman–Crippen LogP) is 6.42. The average molecular weight is 552 g/mol. The van der Waals surface area contributed by atoms with Gasteiger partial charge in [-0.05, 0) is 61.0 Å². The van der Waals surface area contributed by atoms with Crippen molar-refractivity contribution in [1.29, 1.82) is 0 Å². The fraction of sp³-hybridized carbons (Fsp3) is 0.167. The Labute approximate surface area is 222 Å². The Morgan fingerprint density at radius 1 is 0.972 bits per heavy atom. The first-order valence-corrected chi connectivity index (χ1v) is 11.7. The summed E-state index contributed by atoms with van der Waals surface area (Å²) in [6.07, 6.45) is 0.391. The summed E-state index contributed by atoms with van der Waals surface area (Å²) < 4.78 is 5.18. The summed E-state index contributed by atoms with van der Waals surface area (Å²) in [7, 11) is 1.54. The van der Waals surface area contributed by atoms with Crippen LogP contribution < -0.4 is 20.3 Å². The van der Waals surface area contributed by atoms with Crippen LogP contribution in [0.5, 0.6) is 5.75 Å². The van der Waals surface area contributed by atoms with Gasteiger partial charge in [0.25, 0.3) is 11.6 Å². The highest BCUT2D eigenvalue weighted by atomic mass is 35.5. The van der Waals surface area contributed by atoms with E-state index in [0.717, 1.165) is 6.07 Å². The number of nitro benzene ring substituents is 1. The molecule has 0 fully saturated rings. The third-order valence-corrected chi connectivity index (χ3v) is 6.11. The molecule has 0 saturated carbocycles. The van der Waals surface area contributed by atoms with E-state index < -0.39 is 16.9 Å². The maximum atomic E-state index is 13.1. The van der Waals surface area contributed by atoms with E-state index in [1.807, 2.05) is 0 Å². The van der Waals surface area contributed by atoms with Gasteiger partial charge in [-0.25, -0.2) is 4.79 Å². The lowest BCUT2D eigenvalue weighted by atomic mass is 10.2. The monoisotopic (exact) mass is 550 g/mol. The van der Waals surface area contributed by atoms with E-state index >= 15 is 0 Å². The topological polar surface area (TPSA) is 114 Å². The van der Waals surface area contributed by atoms with E-state index in [1.165, 1.54) is 17.0 Å². The van der Waals surface area contributed by atoms with Crippen molar-refractivity contribution in [3.05, 3.63) is 91.4 Å². The molecule has 2 N–H and O–H groups in total. The van der Waals surface area contributed by atoms with Gasteiger partial charge in [0.2, 0.25) is 0 Å². The number of nitrogens with zero attached hydrogens (tertiary/aromatic N) is 2. The number of carbonyl (C=O) groups excluding carboxylic acids is 2. The number of anilines is 2. The summed E-state index contributed by atoms with van der Waals surface area (Å²) in [5.74, 6) is 0.138. The highest BCUT2D eigenvalue weighted by Crippen LogP contribution is 2.27. The van der Waals surface area contributed by atoms with Crippen LogP contribution in [0, 0.1) is 10.1 Å². The number of halogens is 3. The van der Waals surface area contributed by atoms with Crippen molar-refractivity contribution in [2.24, 2.45) is 0 Å². The van der Waals surface area contributed by atoms with Crippen molar-refractivity contribution in [3.8, 4) is 5.75 Å². The first kappa shape index (κ1) is 27.1. The molecule has 3 aromatic carbocycles. The zero-order valence-electron chi connectivity index (χ0n) is 19.0. The van der Waals surface area contributed by atoms with Crippen LogP contribution in [0.25, 0.3) is 0 Å². The normalized spacial score (nSPS) is 10.4. The molecule has 0 heterocycles. The number of carbonyl (C=O) groups is 2. The van der Waals surface area contributed by atoms with Gasteiger partial charge < -0.3 is 15.4 Å². The number of urea groups is 1. The Kier molecular flexibility index (Phi) is 9.35. The van der Waals surface area contributed by atoms with Gasteiger partial charge in [-0.15, -0.1) is 0 Å². The standard InChI is InChI=1S/C24H21Cl3N4O5/c1-36-18-7-5-17(6-8-18)30(24(33)29-16-4-10-19(25)21(27)14-16)12-2-11-28-23(32)15-3-9-20(26)22(13-15)31(34)35/h3-10,13-14H,2,11-12H2,1H3,(H,28,32)(H,29,33). The number of nitrogens with one attached hydrogen (secondary N) is 2. The van der Waals surface area contributed by atoms with Crippen LogP contribution in [0.4, 0.5) is 21.9 Å². The van der Waals surface area contributed by atoms with Crippen LogP contribution in [0.2, 0.25) is 15.1 Å². The van der Waals surface area contributed by atoms with Crippen LogP contribution in [-0.4, -0.2) is 37.1 Å². The lowest BCUT2D eigenvalue weighted by Crippen LogP contribution is -2.37. The fourth-order valence-corrected chi connectivity index (χ4v) is 3.69. The minimum atomic E-state index is -0.654. The van der Waals surface area contributed by atoms with Crippen molar-refractivity contribution in [3.63, 3.8) is 0 Å². The van der Waals surface area contributed by atoms with Gasteiger partial charge >= 0.3 is 6.03 Å². The molecule has 3 amide bonds. The molecular formula is C24H21Cl3N4O5. The number of nitro groups is 1. The molecule has 0 aromatic heterocycles. The van der Waals surface area contributed by atoms with E-state index in [2.05, 4.69) is 10.6 Å². The van der Waals surface area contributed by atoms with E-state index in [9.17, 15) is 19.7 Å². The summed E-state index contributed by atoms with van der Waals surface area (Å²) in [5.41, 5.74) is 0.822. The second kappa shape index (κ2) is 12.4. The molecule has 188 valence electrons. The number of rotatable bonds is 9. The highest BCUT2D eigenvalue weighted by molar-refractivity contribution is 6.42. The smallest absolute Gasteiger partial charge is 0.326 e. The molecule has 3 rings (SSSR count). The molecular weight excluding hydrogens is 531 g/mol. The molecule has 0 aliphatic heterocycles. The largest absolute Gasteiger partial charge is 0.497 e. The summed E-state index contributed by atoms with van der Waals surface area (Å²) in [4.78, 5) is 37.4. The minimum absolute atomic E-state index is 0.0559. The summed E-state index contributed by atoms with van der Waals surface area (Å²) in [5, 5.41) is 17.2. The number of benzene rings is 3. The zero-order chi connectivity index (χ0) is 26.2. The quantitative estimate of drug-likeness (QED) is 0.181. The van der Waals surface area contributed by atoms with E-state index in [1.54, 1.807) is 49.6 Å². The summed E-state index contributed by atoms with van der Waals surface area (Å²) in [6.45, 7) is 0.461. The number of hydrogen-bond acceptors (Lipinski definition) is 5. The van der Waals surface area contributed by atoms with Crippen LogP contribution in [0.1, 0.15) is 16.8 Å². The maximum absolute atomic E-state index is 13.1. The molecule has 0 radical (unpaired) electrons. The van der Waals surface area contributed by atoms with Crippen molar-refractivity contribution in [2.75, 3.05) is 30.4 Å². The fourth-order valence-electron chi connectivity index (χ4n) is 3.21. The summed E-state index contributed by atoms with van der Waals surface area (Å²) in [6, 6.07) is 15.1. The highest BCUT2D eigenvalue weighted by Gasteiger charge is 2.18. The predicted molar refractivity (Wildman–Crippen MR) is 141 cm³/mol. The zero-order valence-corrected chi connectivity index (χ0v) is 21.2. The third-order valence-electron chi connectivity index (χ3n) is 5.05. The van der Waals surface area contributed by atoms with Crippen LogP contribution >= 0.6 is 34.8 Å². The van der Waals surface area contributed by atoms with E-state index in [0.29, 0.717) is 33.6 Å². The third kappa shape index (κ3) is 7.00. The first-order valence-electron chi connectivity index (χ1n) is 10.6. The van der Waals surface area contributed by atoms with Gasteiger partial charge in [-0.1, -0.05) is 34.8 Å². The molecule has 0 aliphatic rings. The molecule has 3 aromatic rings. The van der Waals surface area contributed by atoms with Crippen molar-refractivity contribution in [2.45, 2.75) is 6.42 Å².